The highest BCUT2D eigenvalue weighted by molar-refractivity contribution is 9.09. The van der Waals surface area contributed by atoms with Crippen LogP contribution in [0.2, 0.25) is 0 Å². The van der Waals surface area contributed by atoms with Gasteiger partial charge in [-0.15, -0.1) is 0 Å². The minimum absolute atomic E-state index is 0.316. The van der Waals surface area contributed by atoms with Gasteiger partial charge < -0.3 is 0 Å². The molecule has 0 nitrogen and oxygen atoms in total. The van der Waals surface area contributed by atoms with Crippen LogP contribution in [0.15, 0.2) is 54.6 Å². The quantitative estimate of drug-likeness (QED) is 0.687. The van der Waals surface area contributed by atoms with Crippen LogP contribution in [0.3, 0.4) is 0 Å². The van der Waals surface area contributed by atoms with E-state index in [1.807, 2.05) is 0 Å². The fraction of sp³-hybridized carbons (Fsp3) is 0.294. The lowest BCUT2D eigenvalue weighted by Crippen LogP contribution is -2.13. The summed E-state index contributed by atoms with van der Waals surface area (Å²) in [6, 6.07) is 19.8. The Labute approximate surface area is 117 Å². The Balaban J connectivity index is 1.93. The van der Waals surface area contributed by atoms with Crippen molar-refractivity contribution in [2.75, 3.05) is 0 Å². The maximum atomic E-state index is 3.93. The van der Waals surface area contributed by atoms with Crippen molar-refractivity contribution in [2.45, 2.75) is 30.0 Å². The second-order valence-corrected chi connectivity index (χ2v) is 6.21. The minimum Gasteiger partial charge on any atom is -0.0829 e. The second-order valence-electron chi connectivity index (χ2n) is 5.30. The summed E-state index contributed by atoms with van der Waals surface area (Å²) < 4.78 is 0. The molecule has 0 bridgehead atoms. The van der Waals surface area contributed by atoms with Crippen molar-refractivity contribution in [2.24, 2.45) is 0 Å². The van der Waals surface area contributed by atoms with E-state index in [9.17, 15) is 0 Å². The molecule has 1 unspecified atom stereocenters. The molecular formula is C17H17Br. The standard InChI is InChI=1S/C17H17Br/c1-13-7-9-14(10-8-13)16(18)17(11-12-17)15-5-3-2-4-6-15/h2-10,16H,11-12H2,1H3. The SMILES string of the molecule is Cc1ccc(C(Br)C2(c3ccccc3)CC2)cc1. The van der Waals surface area contributed by atoms with Gasteiger partial charge in [0, 0.05) is 10.2 Å². The first-order valence-corrected chi connectivity index (χ1v) is 7.40. The molecule has 2 aromatic rings. The summed E-state index contributed by atoms with van der Waals surface area (Å²) >= 11 is 3.93. The number of rotatable bonds is 3. The summed E-state index contributed by atoms with van der Waals surface area (Å²) in [6.07, 6.45) is 2.56. The third kappa shape index (κ3) is 2.01. The van der Waals surface area contributed by atoms with Gasteiger partial charge in [-0.05, 0) is 30.9 Å². The number of alkyl halides is 1. The molecule has 1 saturated carbocycles. The van der Waals surface area contributed by atoms with E-state index < -0.39 is 0 Å². The molecule has 0 aromatic heterocycles. The fourth-order valence-electron chi connectivity index (χ4n) is 2.65. The highest BCUT2D eigenvalue weighted by Gasteiger charge is 2.50. The zero-order valence-corrected chi connectivity index (χ0v) is 12.2. The van der Waals surface area contributed by atoms with E-state index in [1.165, 1.54) is 29.5 Å². The van der Waals surface area contributed by atoms with Gasteiger partial charge in [0.15, 0.2) is 0 Å². The van der Waals surface area contributed by atoms with Crippen molar-refractivity contribution in [1.82, 2.24) is 0 Å². The minimum atomic E-state index is 0.316. The monoisotopic (exact) mass is 300 g/mol. The van der Waals surface area contributed by atoms with Gasteiger partial charge in [-0.1, -0.05) is 76.1 Å². The average molecular weight is 301 g/mol. The van der Waals surface area contributed by atoms with Gasteiger partial charge in [-0.25, -0.2) is 0 Å². The van der Waals surface area contributed by atoms with Crippen molar-refractivity contribution in [3.8, 4) is 0 Å². The third-order valence-electron chi connectivity index (χ3n) is 3.99. The molecule has 1 aliphatic carbocycles. The average Bonchev–Trinajstić information content (AvgIpc) is 3.21. The first-order chi connectivity index (χ1) is 8.72. The summed E-state index contributed by atoms with van der Waals surface area (Å²) in [7, 11) is 0. The van der Waals surface area contributed by atoms with Crippen LogP contribution in [-0.4, -0.2) is 0 Å². The number of hydrogen-bond donors (Lipinski definition) is 0. The summed E-state index contributed by atoms with van der Waals surface area (Å²) in [6.45, 7) is 2.14. The van der Waals surface area contributed by atoms with Gasteiger partial charge >= 0.3 is 0 Å². The van der Waals surface area contributed by atoms with Crippen molar-refractivity contribution >= 4 is 15.9 Å². The van der Waals surface area contributed by atoms with Gasteiger partial charge in [-0.2, -0.15) is 0 Å². The normalized spacial score (nSPS) is 18.3. The topological polar surface area (TPSA) is 0 Å². The number of benzene rings is 2. The van der Waals surface area contributed by atoms with E-state index in [4.69, 9.17) is 0 Å². The Morgan fingerprint density at radius 2 is 1.56 bits per heavy atom. The molecule has 0 radical (unpaired) electrons. The van der Waals surface area contributed by atoms with Crippen molar-refractivity contribution in [1.29, 1.82) is 0 Å². The van der Waals surface area contributed by atoms with E-state index in [0.29, 0.717) is 10.2 Å². The molecule has 0 saturated heterocycles. The molecule has 0 aliphatic heterocycles. The smallest absolute Gasteiger partial charge is 0.0491 e. The molecule has 18 heavy (non-hydrogen) atoms. The van der Waals surface area contributed by atoms with E-state index in [2.05, 4.69) is 77.5 Å². The highest BCUT2D eigenvalue weighted by Crippen LogP contribution is 2.59. The van der Waals surface area contributed by atoms with Crippen LogP contribution in [0.25, 0.3) is 0 Å². The lowest BCUT2D eigenvalue weighted by Gasteiger charge is -2.23. The van der Waals surface area contributed by atoms with E-state index in [-0.39, 0.29) is 0 Å². The van der Waals surface area contributed by atoms with Crippen molar-refractivity contribution in [3.05, 3.63) is 71.3 Å². The molecule has 3 rings (SSSR count). The van der Waals surface area contributed by atoms with Crippen LogP contribution >= 0.6 is 15.9 Å². The van der Waals surface area contributed by atoms with Gasteiger partial charge in [0.2, 0.25) is 0 Å². The predicted octanol–water partition coefficient (Wildman–Crippen LogP) is 5.16. The molecule has 1 heteroatoms. The third-order valence-corrected chi connectivity index (χ3v) is 5.40. The maximum Gasteiger partial charge on any atom is 0.0491 e. The maximum absolute atomic E-state index is 3.93. The van der Waals surface area contributed by atoms with E-state index in [0.717, 1.165) is 0 Å². The molecule has 1 atom stereocenters. The summed E-state index contributed by atoms with van der Waals surface area (Å²) in [4.78, 5) is 0.424. The second kappa shape index (κ2) is 4.55. The van der Waals surface area contributed by atoms with Crippen LogP contribution in [0.5, 0.6) is 0 Å². The van der Waals surface area contributed by atoms with Crippen LogP contribution < -0.4 is 0 Å². The van der Waals surface area contributed by atoms with E-state index in [1.54, 1.807) is 0 Å². The lowest BCUT2D eigenvalue weighted by molar-refractivity contribution is 0.681. The summed E-state index contributed by atoms with van der Waals surface area (Å²) in [5, 5.41) is 0. The van der Waals surface area contributed by atoms with Crippen LogP contribution in [0, 0.1) is 6.92 Å². The highest BCUT2D eigenvalue weighted by atomic mass is 79.9. The molecule has 0 spiro atoms. The predicted molar refractivity (Wildman–Crippen MR) is 80.2 cm³/mol. The lowest BCUT2D eigenvalue weighted by atomic mass is 9.88. The zero-order chi connectivity index (χ0) is 12.6. The van der Waals surface area contributed by atoms with Gasteiger partial charge in [0.25, 0.3) is 0 Å². The summed E-state index contributed by atoms with van der Waals surface area (Å²) in [5.41, 5.74) is 4.49. The van der Waals surface area contributed by atoms with E-state index >= 15 is 0 Å². The fourth-order valence-corrected chi connectivity index (χ4v) is 3.68. The van der Waals surface area contributed by atoms with Crippen LogP contribution in [-0.2, 0) is 5.41 Å². The van der Waals surface area contributed by atoms with Gasteiger partial charge in [-0.3, -0.25) is 0 Å². The van der Waals surface area contributed by atoms with Crippen LogP contribution in [0.4, 0.5) is 0 Å². The molecule has 92 valence electrons. The first kappa shape index (κ1) is 12.0. The molecule has 0 amide bonds. The molecule has 1 fully saturated rings. The molecule has 2 aromatic carbocycles. The summed E-state index contributed by atoms with van der Waals surface area (Å²) in [5.74, 6) is 0. The first-order valence-electron chi connectivity index (χ1n) is 6.48. The van der Waals surface area contributed by atoms with Gasteiger partial charge in [0.1, 0.15) is 0 Å². The number of halogens is 1. The largest absolute Gasteiger partial charge is 0.0829 e. The van der Waals surface area contributed by atoms with Crippen molar-refractivity contribution in [3.63, 3.8) is 0 Å². The zero-order valence-electron chi connectivity index (χ0n) is 10.6. The molecule has 0 heterocycles. The molecule has 0 N–H and O–H groups in total. The molecular weight excluding hydrogens is 284 g/mol. The molecule has 1 aliphatic rings. The van der Waals surface area contributed by atoms with Gasteiger partial charge in [0.05, 0.1) is 0 Å². The van der Waals surface area contributed by atoms with Crippen molar-refractivity contribution < 1.29 is 0 Å². The number of hydrogen-bond acceptors (Lipinski definition) is 0. The Morgan fingerprint density at radius 1 is 0.944 bits per heavy atom. The van der Waals surface area contributed by atoms with Crippen LogP contribution in [0.1, 0.15) is 34.4 Å². The number of aryl methyl sites for hydroxylation is 1. The Hall–Kier alpha value is -1.08. The Morgan fingerprint density at radius 3 is 2.11 bits per heavy atom. The Bertz CT molecular complexity index is 523. The Kier molecular flexibility index (Phi) is 3.03.